The minimum absolute atomic E-state index is 0.0261. The first-order chi connectivity index (χ1) is 10.1. The van der Waals surface area contributed by atoms with E-state index in [-0.39, 0.29) is 24.5 Å². The summed E-state index contributed by atoms with van der Waals surface area (Å²) in [6.45, 7) is 2.11. The minimum Gasteiger partial charge on any atom is -0.481 e. The Labute approximate surface area is 126 Å². The standard InChI is InChI=1S/C16H28N2O3/c1-2-13(11-6-4-3-5-7-11)17-16(21)18-14(10-15(19)20)12-8-9-12/h11-14H,2-10H2,1H3,(H,19,20)(H2,17,18,21). The summed E-state index contributed by atoms with van der Waals surface area (Å²) in [5, 5.41) is 14.9. The highest BCUT2D eigenvalue weighted by molar-refractivity contribution is 5.76. The van der Waals surface area contributed by atoms with Gasteiger partial charge in [-0.2, -0.15) is 0 Å². The van der Waals surface area contributed by atoms with E-state index in [2.05, 4.69) is 17.6 Å². The maximum Gasteiger partial charge on any atom is 0.315 e. The van der Waals surface area contributed by atoms with Gasteiger partial charge in [0.2, 0.25) is 0 Å². The average Bonchev–Trinajstić information content (AvgIpc) is 3.29. The lowest BCUT2D eigenvalue weighted by molar-refractivity contribution is -0.137. The summed E-state index contributed by atoms with van der Waals surface area (Å²) < 4.78 is 0. The molecule has 0 bridgehead atoms. The van der Waals surface area contributed by atoms with Crippen molar-refractivity contribution in [3.05, 3.63) is 0 Å². The summed E-state index contributed by atoms with van der Waals surface area (Å²) in [6, 6.07) is -0.188. The lowest BCUT2D eigenvalue weighted by atomic mass is 9.83. The van der Waals surface area contributed by atoms with E-state index in [1.54, 1.807) is 0 Å². The number of hydrogen-bond donors (Lipinski definition) is 3. The maximum atomic E-state index is 12.2. The van der Waals surface area contributed by atoms with Gasteiger partial charge < -0.3 is 15.7 Å². The van der Waals surface area contributed by atoms with Crippen LogP contribution in [0.5, 0.6) is 0 Å². The Hall–Kier alpha value is -1.26. The van der Waals surface area contributed by atoms with Gasteiger partial charge in [-0.05, 0) is 43.9 Å². The van der Waals surface area contributed by atoms with Crippen molar-refractivity contribution in [3.8, 4) is 0 Å². The Morgan fingerprint density at radius 1 is 1.00 bits per heavy atom. The quantitative estimate of drug-likeness (QED) is 0.676. The number of rotatable bonds is 7. The van der Waals surface area contributed by atoms with E-state index in [0.717, 1.165) is 19.3 Å². The number of carbonyl (C=O) groups excluding carboxylic acids is 1. The molecule has 2 amide bonds. The van der Waals surface area contributed by atoms with Gasteiger partial charge in [-0.3, -0.25) is 4.79 Å². The van der Waals surface area contributed by atoms with Crippen molar-refractivity contribution in [3.63, 3.8) is 0 Å². The molecule has 2 atom stereocenters. The highest BCUT2D eigenvalue weighted by Gasteiger charge is 2.34. The van der Waals surface area contributed by atoms with Crippen molar-refractivity contribution in [1.29, 1.82) is 0 Å². The molecule has 3 N–H and O–H groups in total. The van der Waals surface area contributed by atoms with Crippen molar-refractivity contribution in [2.75, 3.05) is 0 Å². The molecule has 0 aliphatic heterocycles. The zero-order valence-corrected chi connectivity index (χ0v) is 12.9. The van der Waals surface area contributed by atoms with Crippen molar-refractivity contribution >= 4 is 12.0 Å². The van der Waals surface area contributed by atoms with E-state index in [4.69, 9.17) is 5.11 Å². The molecule has 0 spiro atoms. The molecule has 2 unspecified atom stereocenters. The first-order valence-corrected chi connectivity index (χ1v) is 8.39. The number of hydrogen-bond acceptors (Lipinski definition) is 2. The van der Waals surface area contributed by atoms with Crippen LogP contribution >= 0.6 is 0 Å². The zero-order valence-electron chi connectivity index (χ0n) is 12.9. The summed E-state index contributed by atoms with van der Waals surface area (Å²) in [6.07, 6.45) is 9.23. The fourth-order valence-electron chi connectivity index (χ4n) is 3.49. The summed E-state index contributed by atoms with van der Waals surface area (Å²) in [5.74, 6) is 0.0847. The molecule has 2 fully saturated rings. The molecule has 0 aromatic heterocycles. The molecule has 2 rings (SSSR count). The second-order valence-electron chi connectivity index (χ2n) is 6.57. The van der Waals surface area contributed by atoms with Crippen LogP contribution in [-0.4, -0.2) is 29.2 Å². The van der Waals surface area contributed by atoms with Crippen LogP contribution in [-0.2, 0) is 4.79 Å². The van der Waals surface area contributed by atoms with Gasteiger partial charge in [-0.25, -0.2) is 4.79 Å². The summed E-state index contributed by atoms with van der Waals surface area (Å²) >= 11 is 0. The molecule has 0 saturated heterocycles. The Morgan fingerprint density at radius 3 is 2.10 bits per heavy atom. The Bertz CT molecular complexity index is 363. The predicted molar refractivity (Wildman–Crippen MR) is 81.1 cm³/mol. The van der Waals surface area contributed by atoms with E-state index in [0.29, 0.717) is 11.8 Å². The molecule has 120 valence electrons. The molecule has 0 aromatic rings. The third-order valence-corrected chi connectivity index (χ3v) is 4.88. The SMILES string of the molecule is CCC(NC(=O)NC(CC(=O)O)C1CC1)C1CCCCC1. The lowest BCUT2D eigenvalue weighted by Gasteiger charge is -2.31. The van der Waals surface area contributed by atoms with Gasteiger partial charge in [-0.1, -0.05) is 26.2 Å². The average molecular weight is 296 g/mol. The van der Waals surface area contributed by atoms with E-state index in [9.17, 15) is 9.59 Å². The Balaban J connectivity index is 1.81. The molecule has 0 heterocycles. The summed E-state index contributed by atoms with van der Waals surface area (Å²) in [7, 11) is 0. The molecule has 2 saturated carbocycles. The Morgan fingerprint density at radius 2 is 1.57 bits per heavy atom. The van der Waals surface area contributed by atoms with Crippen LogP contribution in [0, 0.1) is 11.8 Å². The smallest absolute Gasteiger partial charge is 0.315 e. The van der Waals surface area contributed by atoms with Crippen molar-refractivity contribution in [2.24, 2.45) is 11.8 Å². The van der Waals surface area contributed by atoms with Gasteiger partial charge in [0.05, 0.1) is 6.42 Å². The first kappa shape index (κ1) is 16.1. The zero-order chi connectivity index (χ0) is 15.2. The number of carbonyl (C=O) groups is 2. The monoisotopic (exact) mass is 296 g/mol. The fourth-order valence-corrected chi connectivity index (χ4v) is 3.49. The van der Waals surface area contributed by atoms with Crippen LogP contribution in [0.25, 0.3) is 0 Å². The minimum atomic E-state index is -0.841. The number of urea groups is 1. The highest BCUT2D eigenvalue weighted by Crippen LogP contribution is 2.34. The Kier molecular flexibility index (Phi) is 5.88. The third kappa shape index (κ3) is 5.21. The van der Waals surface area contributed by atoms with E-state index in [1.165, 1.54) is 32.1 Å². The topological polar surface area (TPSA) is 78.4 Å². The predicted octanol–water partition coefficient (Wildman–Crippen LogP) is 2.90. The number of nitrogens with one attached hydrogen (secondary N) is 2. The van der Waals surface area contributed by atoms with Gasteiger partial charge >= 0.3 is 12.0 Å². The second-order valence-corrected chi connectivity index (χ2v) is 6.57. The number of amides is 2. The largest absolute Gasteiger partial charge is 0.481 e. The van der Waals surface area contributed by atoms with Crippen LogP contribution in [0.1, 0.15) is 64.7 Å². The maximum absolute atomic E-state index is 12.2. The van der Waals surface area contributed by atoms with E-state index < -0.39 is 5.97 Å². The second kappa shape index (κ2) is 7.66. The van der Waals surface area contributed by atoms with Crippen molar-refractivity contribution < 1.29 is 14.7 Å². The van der Waals surface area contributed by atoms with Crippen molar-refractivity contribution in [1.82, 2.24) is 10.6 Å². The molecule has 21 heavy (non-hydrogen) atoms. The van der Waals surface area contributed by atoms with Crippen LogP contribution in [0.15, 0.2) is 0 Å². The van der Waals surface area contributed by atoms with Gasteiger partial charge in [0.25, 0.3) is 0 Å². The first-order valence-electron chi connectivity index (χ1n) is 8.39. The molecule has 5 heteroatoms. The molecule has 0 radical (unpaired) electrons. The molecule has 2 aliphatic rings. The van der Waals surface area contributed by atoms with E-state index in [1.807, 2.05) is 0 Å². The third-order valence-electron chi connectivity index (χ3n) is 4.88. The van der Waals surface area contributed by atoms with Gasteiger partial charge in [-0.15, -0.1) is 0 Å². The van der Waals surface area contributed by atoms with Crippen LogP contribution < -0.4 is 10.6 Å². The molecular formula is C16H28N2O3. The number of carboxylic acids is 1. The normalized spacial score (nSPS) is 22.3. The number of carboxylic acid groups (broad SMARTS) is 1. The van der Waals surface area contributed by atoms with E-state index >= 15 is 0 Å². The summed E-state index contributed by atoms with van der Waals surface area (Å²) in [4.78, 5) is 23.0. The van der Waals surface area contributed by atoms with Gasteiger partial charge in [0, 0.05) is 12.1 Å². The number of aliphatic carboxylic acids is 1. The molecule has 5 nitrogen and oxygen atoms in total. The van der Waals surface area contributed by atoms with Crippen LogP contribution in [0.3, 0.4) is 0 Å². The molecule has 0 aromatic carbocycles. The highest BCUT2D eigenvalue weighted by atomic mass is 16.4. The molecular weight excluding hydrogens is 268 g/mol. The van der Waals surface area contributed by atoms with Gasteiger partial charge in [0.1, 0.15) is 0 Å². The lowest BCUT2D eigenvalue weighted by Crippen LogP contribution is -2.49. The fraction of sp³-hybridized carbons (Fsp3) is 0.875. The van der Waals surface area contributed by atoms with Crippen LogP contribution in [0.4, 0.5) is 4.79 Å². The van der Waals surface area contributed by atoms with Crippen LogP contribution in [0.2, 0.25) is 0 Å². The molecule has 2 aliphatic carbocycles. The van der Waals surface area contributed by atoms with Crippen molar-refractivity contribution in [2.45, 2.75) is 76.8 Å². The summed E-state index contributed by atoms with van der Waals surface area (Å²) in [5.41, 5.74) is 0. The van der Waals surface area contributed by atoms with Gasteiger partial charge in [0.15, 0.2) is 0 Å².